The maximum absolute atomic E-state index is 5.39. The minimum absolute atomic E-state index is 0.688. The molecule has 13 heavy (non-hydrogen) atoms. The summed E-state index contributed by atoms with van der Waals surface area (Å²) in [5.41, 5.74) is 0.967. The van der Waals surface area contributed by atoms with E-state index in [1.165, 1.54) is 0 Å². The van der Waals surface area contributed by atoms with Crippen LogP contribution in [0.15, 0.2) is 28.9 Å². The molecule has 0 spiro atoms. The lowest BCUT2D eigenvalue weighted by Gasteiger charge is -1.98. The molecular weight excluding hydrogens is 166 g/mol. The van der Waals surface area contributed by atoms with Gasteiger partial charge in [0.2, 0.25) is 0 Å². The lowest BCUT2D eigenvalue weighted by Crippen LogP contribution is -1.96. The van der Waals surface area contributed by atoms with Crippen molar-refractivity contribution in [2.75, 3.05) is 5.32 Å². The van der Waals surface area contributed by atoms with Gasteiger partial charge in [-0.15, -0.1) is 0 Å². The van der Waals surface area contributed by atoms with E-state index in [9.17, 15) is 0 Å². The van der Waals surface area contributed by atoms with Crippen LogP contribution in [0.1, 0.15) is 11.5 Å². The van der Waals surface area contributed by atoms with Crippen LogP contribution >= 0.6 is 0 Å². The standard InChI is InChI=1S/C9H11N3O/c1-7-2-3-9(13-7)6-10-8-4-11-12-5-8/h2-5,10H,6H2,1H3,(H,11,12). The van der Waals surface area contributed by atoms with E-state index in [0.717, 1.165) is 17.2 Å². The van der Waals surface area contributed by atoms with Gasteiger partial charge in [-0.1, -0.05) is 0 Å². The van der Waals surface area contributed by atoms with Crippen LogP contribution in [0.3, 0.4) is 0 Å². The first-order valence-electron chi connectivity index (χ1n) is 4.12. The Bertz CT molecular complexity index is 364. The second kappa shape index (κ2) is 3.35. The number of hydrogen-bond acceptors (Lipinski definition) is 3. The maximum Gasteiger partial charge on any atom is 0.123 e. The fraction of sp³-hybridized carbons (Fsp3) is 0.222. The van der Waals surface area contributed by atoms with E-state index >= 15 is 0 Å². The van der Waals surface area contributed by atoms with Gasteiger partial charge < -0.3 is 9.73 Å². The van der Waals surface area contributed by atoms with Gasteiger partial charge in [0.05, 0.1) is 18.4 Å². The van der Waals surface area contributed by atoms with Crippen molar-refractivity contribution in [3.63, 3.8) is 0 Å². The molecule has 68 valence electrons. The maximum atomic E-state index is 5.39. The van der Waals surface area contributed by atoms with Crippen LogP contribution in [0.4, 0.5) is 5.69 Å². The van der Waals surface area contributed by atoms with Crippen molar-refractivity contribution < 1.29 is 4.42 Å². The second-order valence-electron chi connectivity index (χ2n) is 2.85. The molecule has 0 saturated heterocycles. The van der Waals surface area contributed by atoms with Crippen LogP contribution in [0.5, 0.6) is 0 Å². The molecule has 2 heterocycles. The fourth-order valence-electron chi connectivity index (χ4n) is 1.12. The van der Waals surface area contributed by atoms with E-state index in [0.29, 0.717) is 6.54 Å². The van der Waals surface area contributed by atoms with Crippen molar-refractivity contribution in [1.29, 1.82) is 0 Å². The Labute approximate surface area is 76.0 Å². The number of aryl methyl sites for hydroxylation is 1. The molecule has 0 bridgehead atoms. The van der Waals surface area contributed by atoms with Crippen molar-refractivity contribution in [2.24, 2.45) is 0 Å². The predicted molar refractivity (Wildman–Crippen MR) is 49.4 cm³/mol. The number of anilines is 1. The third kappa shape index (κ3) is 1.90. The molecule has 0 unspecified atom stereocenters. The van der Waals surface area contributed by atoms with E-state index in [1.54, 1.807) is 12.4 Å². The van der Waals surface area contributed by atoms with Gasteiger partial charge in [-0.3, -0.25) is 5.10 Å². The van der Waals surface area contributed by atoms with E-state index < -0.39 is 0 Å². The van der Waals surface area contributed by atoms with Gasteiger partial charge in [0.25, 0.3) is 0 Å². The molecule has 2 aromatic rings. The highest BCUT2D eigenvalue weighted by Gasteiger charge is 1.98. The quantitative estimate of drug-likeness (QED) is 0.753. The largest absolute Gasteiger partial charge is 0.465 e. The normalized spacial score (nSPS) is 10.2. The average molecular weight is 177 g/mol. The van der Waals surface area contributed by atoms with Crippen molar-refractivity contribution in [2.45, 2.75) is 13.5 Å². The molecular formula is C9H11N3O. The number of furan rings is 1. The van der Waals surface area contributed by atoms with Gasteiger partial charge in [-0.05, 0) is 19.1 Å². The summed E-state index contributed by atoms with van der Waals surface area (Å²) in [5.74, 6) is 1.86. The first kappa shape index (κ1) is 7.91. The summed E-state index contributed by atoms with van der Waals surface area (Å²) in [5, 5.41) is 9.72. The Morgan fingerprint density at radius 3 is 3.08 bits per heavy atom. The monoisotopic (exact) mass is 177 g/mol. The number of hydrogen-bond donors (Lipinski definition) is 2. The van der Waals surface area contributed by atoms with Crippen LogP contribution in [0, 0.1) is 6.92 Å². The van der Waals surface area contributed by atoms with Crippen molar-refractivity contribution in [3.05, 3.63) is 36.0 Å². The molecule has 2 rings (SSSR count). The molecule has 4 nitrogen and oxygen atoms in total. The van der Waals surface area contributed by atoms with Gasteiger partial charge >= 0.3 is 0 Å². The van der Waals surface area contributed by atoms with Crippen molar-refractivity contribution in [3.8, 4) is 0 Å². The lowest BCUT2D eigenvalue weighted by molar-refractivity contribution is 0.490. The Kier molecular flexibility index (Phi) is 2.04. The number of aromatic nitrogens is 2. The molecule has 4 heteroatoms. The molecule has 0 aromatic carbocycles. The first-order valence-corrected chi connectivity index (χ1v) is 4.12. The second-order valence-corrected chi connectivity index (χ2v) is 2.85. The Morgan fingerprint density at radius 1 is 1.54 bits per heavy atom. The molecule has 0 saturated carbocycles. The smallest absolute Gasteiger partial charge is 0.123 e. The summed E-state index contributed by atoms with van der Waals surface area (Å²) in [6.07, 6.45) is 3.53. The summed E-state index contributed by atoms with van der Waals surface area (Å²) in [6, 6.07) is 3.91. The third-order valence-electron chi connectivity index (χ3n) is 1.76. The topological polar surface area (TPSA) is 53.9 Å². The van der Waals surface area contributed by atoms with Crippen LogP contribution in [0.2, 0.25) is 0 Å². The molecule has 2 aromatic heterocycles. The van der Waals surface area contributed by atoms with E-state index in [-0.39, 0.29) is 0 Å². The molecule has 0 atom stereocenters. The van der Waals surface area contributed by atoms with E-state index in [4.69, 9.17) is 4.42 Å². The third-order valence-corrected chi connectivity index (χ3v) is 1.76. The van der Waals surface area contributed by atoms with Gasteiger partial charge in [0.1, 0.15) is 11.5 Å². The van der Waals surface area contributed by atoms with Crippen molar-refractivity contribution >= 4 is 5.69 Å². The van der Waals surface area contributed by atoms with Crippen LogP contribution in [-0.2, 0) is 6.54 Å². The average Bonchev–Trinajstić information content (AvgIpc) is 2.71. The zero-order chi connectivity index (χ0) is 9.10. The number of H-pyrrole nitrogens is 1. The van der Waals surface area contributed by atoms with Gasteiger partial charge in [-0.25, -0.2) is 0 Å². The number of rotatable bonds is 3. The van der Waals surface area contributed by atoms with Crippen LogP contribution in [0.25, 0.3) is 0 Å². The molecule has 0 radical (unpaired) electrons. The Hall–Kier alpha value is -1.71. The van der Waals surface area contributed by atoms with Gasteiger partial charge in [-0.2, -0.15) is 5.10 Å². The lowest BCUT2D eigenvalue weighted by atomic mass is 10.4. The number of nitrogens with one attached hydrogen (secondary N) is 2. The van der Waals surface area contributed by atoms with Crippen molar-refractivity contribution in [1.82, 2.24) is 10.2 Å². The molecule has 2 N–H and O–H groups in total. The highest BCUT2D eigenvalue weighted by Crippen LogP contribution is 2.09. The fourth-order valence-corrected chi connectivity index (χ4v) is 1.12. The minimum Gasteiger partial charge on any atom is -0.465 e. The summed E-state index contributed by atoms with van der Waals surface area (Å²) < 4.78 is 5.39. The van der Waals surface area contributed by atoms with Gasteiger partial charge in [0.15, 0.2) is 0 Å². The minimum atomic E-state index is 0.688. The summed E-state index contributed by atoms with van der Waals surface area (Å²) in [6.45, 7) is 2.62. The summed E-state index contributed by atoms with van der Waals surface area (Å²) in [4.78, 5) is 0. The highest BCUT2D eigenvalue weighted by atomic mass is 16.3. The zero-order valence-corrected chi connectivity index (χ0v) is 7.37. The predicted octanol–water partition coefficient (Wildman–Crippen LogP) is 1.92. The molecule has 0 aliphatic carbocycles. The number of aromatic amines is 1. The number of nitrogens with zero attached hydrogens (tertiary/aromatic N) is 1. The van der Waals surface area contributed by atoms with E-state index in [1.807, 2.05) is 19.1 Å². The first-order chi connectivity index (χ1) is 6.34. The summed E-state index contributed by atoms with van der Waals surface area (Å²) >= 11 is 0. The van der Waals surface area contributed by atoms with Crippen LogP contribution < -0.4 is 5.32 Å². The zero-order valence-electron chi connectivity index (χ0n) is 7.37. The van der Waals surface area contributed by atoms with Gasteiger partial charge in [0, 0.05) is 6.20 Å². The van der Waals surface area contributed by atoms with E-state index in [2.05, 4.69) is 15.5 Å². The molecule has 0 fully saturated rings. The Morgan fingerprint density at radius 2 is 2.46 bits per heavy atom. The highest BCUT2D eigenvalue weighted by molar-refractivity contribution is 5.37. The summed E-state index contributed by atoms with van der Waals surface area (Å²) in [7, 11) is 0. The SMILES string of the molecule is Cc1ccc(CNc2cn[nH]c2)o1. The van der Waals surface area contributed by atoms with Crippen LogP contribution in [-0.4, -0.2) is 10.2 Å². The molecule has 0 aliphatic rings. The molecule has 0 amide bonds. The Balaban J connectivity index is 1.93. The molecule has 0 aliphatic heterocycles.